The van der Waals surface area contributed by atoms with Crippen LogP contribution in [0.4, 0.5) is 33.6 Å². The number of benzene rings is 2. The third-order valence-electron chi connectivity index (χ3n) is 3.86. The molecule has 0 saturated carbocycles. The van der Waals surface area contributed by atoms with Crippen LogP contribution in [-0.2, 0) is 6.54 Å². The van der Waals surface area contributed by atoms with Crippen molar-refractivity contribution in [2.24, 2.45) is 0 Å². The van der Waals surface area contributed by atoms with Gasteiger partial charge in [0.25, 0.3) is 0 Å². The highest BCUT2D eigenvalue weighted by Crippen LogP contribution is 2.19. The average Bonchev–Trinajstić information content (AvgIpc) is 2.75. The van der Waals surface area contributed by atoms with Crippen molar-refractivity contribution in [3.05, 3.63) is 84.4 Å². The van der Waals surface area contributed by atoms with Gasteiger partial charge in [0, 0.05) is 24.1 Å². The van der Waals surface area contributed by atoms with Crippen LogP contribution in [0.5, 0.6) is 0 Å². The minimum absolute atomic E-state index is 0.314. The summed E-state index contributed by atoms with van der Waals surface area (Å²) in [6, 6.07) is 17.4. The number of halogens is 1. The summed E-state index contributed by atoms with van der Waals surface area (Å²) in [7, 11) is 0. The van der Waals surface area contributed by atoms with Crippen LogP contribution in [0.1, 0.15) is 5.56 Å². The van der Waals surface area contributed by atoms with Crippen LogP contribution < -0.4 is 16.0 Å². The van der Waals surface area contributed by atoms with Crippen LogP contribution in [0.3, 0.4) is 0 Å². The lowest BCUT2D eigenvalue weighted by Crippen LogP contribution is -2.09. The maximum Gasteiger partial charge on any atom is 0.233 e. The lowest BCUT2D eigenvalue weighted by molar-refractivity contribution is 0.628. The van der Waals surface area contributed by atoms with Gasteiger partial charge < -0.3 is 16.0 Å². The van der Waals surface area contributed by atoms with Crippen LogP contribution in [0.2, 0.25) is 0 Å². The maximum absolute atomic E-state index is 13.2. The molecule has 3 N–H and O–H groups in total. The fourth-order valence-electron chi connectivity index (χ4n) is 2.48. The Morgan fingerprint density at radius 1 is 0.690 bits per heavy atom. The molecule has 0 unspecified atom stereocenters. The fraction of sp³-hybridized carbons (Fsp3) is 0.0500. The molecule has 0 atom stereocenters. The number of para-hydroxylation sites is 1. The van der Waals surface area contributed by atoms with E-state index in [9.17, 15) is 4.39 Å². The molecule has 2 aromatic heterocycles. The quantitative estimate of drug-likeness (QED) is 0.438. The third kappa shape index (κ3) is 5.19. The zero-order valence-electron chi connectivity index (χ0n) is 15.2. The van der Waals surface area contributed by atoms with Crippen LogP contribution in [-0.4, -0.2) is 25.1 Å². The fourth-order valence-corrected chi connectivity index (χ4v) is 2.48. The van der Waals surface area contributed by atoms with E-state index < -0.39 is 0 Å². The zero-order chi connectivity index (χ0) is 19.9. The van der Waals surface area contributed by atoms with E-state index in [1.807, 2.05) is 36.4 Å². The first-order valence-electron chi connectivity index (χ1n) is 8.85. The van der Waals surface area contributed by atoms with Gasteiger partial charge in [-0.25, -0.2) is 4.39 Å². The predicted octanol–water partition coefficient (Wildman–Crippen LogP) is 3.90. The lowest BCUT2D eigenvalue weighted by atomic mass is 10.3. The first kappa shape index (κ1) is 18.2. The molecule has 0 spiro atoms. The number of nitrogens with one attached hydrogen (secondary N) is 3. The van der Waals surface area contributed by atoms with Gasteiger partial charge in [0.05, 0.1) is 6.20 Å². The number of hydrogen-bond acceptors (Lipinski definition) is 8. The average molecular weight is 388 g/mol. The molecule has 29 heavy (non-hydrogen) atoms. The highest BCUT2D eigenvalue weighted by molar-refractivity contribution is 5.59. The van der Waals surface area contributed by atoms with E-state index in [1.54, 1.807) is 24.5 Å². The van der Waals surface area contributed by atoms with Gasteiger partial charge in [0.2, 0.25) is 17.8 Å². The molecule has 2 heterocycles. The van der Waals surface area contributed by atoms with Gasteiger partial charge in [-0.2, -0.15) is 25.1 Å². The Hall–Kier alpha value is -4.14. The van der Waals surface area contributed by atoms with E-state index in [1.165, 1.54) is 12.1 Å². The normalized spacial score (nSPS) is 10.4. The van der Waals surface area contributed by atoms with E-state index in [4.69, 9.17) is 0 Å². The molecule has 0 aliphatic carbocycles. The molecule has 4 rings (SSSR count). The summed E-state index contributed by atoms with van der Waals surface area (Å²) in [5, 5.41) is 17.0. The Labute approximate surface area is 166 Å². The maximum atomic E-state index is 13.2. The van der Waals surface area contributed by atoms with Gasteiger partial charge in [0.15, 0.2) is 0 Å². The SMILES string of the molecule is Fc1ccc(Nc2nc(NCc3ccnnc3)nc(Nc3ccccc3)n2)cc1. The number of rotatable bonds is 7. The van der Waals surface area contributed by atoms with Gasteiger partial charge in [-0.3, -0.25) is 0 Å². The van der Waals surface area contributed by atoms with Gasteiger partial charge in [-0.15, -0.1) is 0 Å². The number of aromatic nitrogens is 5. The summed E-state index contributed by atoms with van der Waals surface area (Å²) in [5.41, 5.74) is 2.44. The van der Waals surface area contributed by atoms with Crippen molar-refractivity contribution < 1.29 is 4.39 Å². The Bertz CT molecular complexity index is 1060. The molecule has 0 aliphatic rings. The van der Waals surface area contributed by atoms with Crippen molar-refractivity contribution in [3.8, 4) is 0 Å². The van der Waals surface area contributed by atoms with Crippen molar-refractivity contribution in [3.63, 3.8) is 0 Å². The van der Waals surface area contributed by atoms with Crippen molar-refractivity contribution in [1.82, 2.24) is 25.1 Å². The van der Waals surface area contributed by atoms with Crippen LogP contribution in [0.25, 0.3) is 0 Å². The van der Waals surface area contributed by atoms with E-state index in [2.05, 4.69) is 41.1 Å². The first-order valence-corrected chi connectivity index (χ1v) is 8.85. The zero-order valence-corrected chi connectivity index (χ0v) is 15.2. The molecule has 0 bridgehead atoms. The summed E-state index contributed by atoms with van der Waals surface area (Å²) in [4.78, 5) is 13.2. The van der Waals surface area contributed by atoms with Gasteiger partial charge >= 0.3 is 0 Å². The largest absolute Gasteiger partial charge is 0.350 e. The minimum Gasteiger partial charge on any atom is -0.350 e. The van der Waals surface area contributed by atoms with Crippen LogP contribution in [0.15, 0.2) is 73.1 Å². The molecule has 0 saturated heterocycles. The molecular formula is C20H17FN8. The summed E-state index contributed by atoms with van der Waals surface area (Å²) < 4.78 is 13.2. The molecule has 2 aromatic carbocycles. The van der Waals surface area contributed by atoms with E-state index >= 15 is 0 Å². The highest BCUT2D eigenvalue weighted by atomic mass is 19.1. The number of nitrogens with zero attached hydrogens (tertiary/aromatic N) is 5. The molecule has 4 aromatic rings. The summed E-state index contributed by atoms with van der Waals surface area (Å²) >= 11 is 0. The molecule has 144 valence electrons. The van der Waals surface area contributed by atoms with Crippen LogP contribution >= 0.6 is 0 Å². The standard InChI is InChI=1S/C20H17FN8/c21-15-6-8-17(9-7-15)26-20-28-18(22-12-14-10-11-23-24-13-14)27-19(29-20)25-16-4-2-1-3-5-16/h1-11,13H,12H2,(H3,22,25,26,27,28,29). The monoisotopic (exact) mass is 388 g/mol. The summed E-state index contributed by atoms with van der Waals surface area (Å²) in [6.45, 7) is 0.473. The van der Waals surface area contributed by atoms with Crippen molar-refractivity contribution in [2.45, 2.75) is 6.54 Å². The molecule has 0 amide bonds. The second-order valence-electron chi connectivity index (χ2n) is 6.03. The number of hydrogen-bond donors (Lipinski definition) is 3. The Morgan fingerprint density at radius 3 is 2.00 bits per heavy atom. The van der Waals surface area contributed by atoms with Crippen molar-refractivity contribution in [2.75, 3.05) is 16.0 Å². The second-order valence-corrected chi connectivity index (χ2v) is 6.03. The summed E-state index contributed by atoms with van der Waals surface area (Å²) in [5.74, 6) is 0.748. The third-order valence-corrected chi connectivity index (χ3v) is 3.86. The van der Waals surface area contributed by atoms with Gasteiger partial charge in [-0.05, 0) is 48.0 Å². The molecule has 0 radical (unpaired) electrons. The molecule has 0 aliphatic heterocycles. The van der Waals surface area contributed by atoms with Gasteiger partial charge in [-0.1, -0.05) is 18.2 Å². The summed E-state index contributed by atoms with van der Waals surface area (Å²) in [6.07, 6.45) is 3.28. The Balaban J connectivity index is 1.58. The molecule has 9 heteroatoms. The first-order chi connectivity index (χ1) is 14.2. The predicted molar refractivity (Wildman–Crippen MR) is 109 cm³/mol. The highest BCUT2D eigenvalue weighted by Gasteiger charge is 2.08. The van der Waals surface area contributed by atoms with Gasteiger partial charge in [0.1, 0.15) is 5.82 Å². The topological polar surface area (TPSA) is 101 Å². The van der Waals surface area contributed by atoms with Crippen molar-refractivity contribution in [1.29, 1.82) is 0 Å². The molecule has 8 nitrogen and oxygen atoms in total. The molecular weight excluding hydrogens is 371 g/mol. The van der Waals surface area contributed by atoms with Crippen molar-refractivity contribution >= 4 is 29.2 Å². The van der Waals surface area contributed by atoms with E-state index in [0.717, 1.165) is 11.3 Å². The molecule has 0 fully saturated rings. The minimum atomic E-state index is -0.314. The lowest BCUT2D eigenvalue weighted by Gasteiger charge is -2.11. The van der Waals surface area contributed by atoms with E-state index in [-0.39, 0.29) is 5.82 Å². The Morgan fingerprint density at radius 2 is 1.34 bits per heavy atom. The number of anilines is 5. The van der Waals surface area contributed by atoms with E-state index in [0.29, 0.717) is 30.1 Å². The van der Waals surface area contributed by atoms with Crippen LogP contribution in [0, 0.1) is 5.82 Å². The Kier molecular flexibility index (Phi) is 5.47. The smallest absolute Gasteiger partial charge is 0.233 e. The second kappa shape index (κ2) is 8.70.